The largest absolute Gasteiger partial charge is 0.494 e. The van der Waals surface area contributed by atoms with E-state index in [0.717, 1.165) is 0 Å². The number of aliphatic hydroxyl groups is 1. The average molecular weight is 334 g/mol. The summed E-state index contributed by atoms with van der Waals surface area (Å²) in [6, 6.07) is 10.3. The second kappa shape index (κ2) is 7.85. The SMILES string of the molecule is COc1ccc(C(C)NCC(O)c2cccc([N+](=O)[O-])c2)cc1F. The zero-order valence-electron chi connectivity index (χ0n) is 13.4. The Kier molecular flexibility index (Phi) is 5.83. The summed E-state index contributed by atoms with van der Waals surface area (Å²) in [5, 5.41) is 24.0. The maximum absolute atomic E-state index is 13.7. The van der Waals surface area contributed by atoms with Crippen LogP contribution in [-0.4, -0.2) is 23.7 Å². The summed E-state index contributed by atoms with van der Waals surface area (Å²) < 4.78 is 18.6. The number of aliphatic hydroxyl groups excluding tert-OH is 1. The van der Waals surface area contributed by atoms with Gasteiger partial charge in [-0.2, -0.15) is 0 Å². The van der Waals surface area contributed by atoms with Gasteiger partial charge in [0, 0.05) is 24.7 Å². The molecule has 0 saturated heterocycles. The smallest absolute Gasteiger partial charge is 0.269 e. The van der Waals surface area contributed by atoms with Crippen molar-refractivity contribution in [2.45, 2.75) is 19.1 Å². The Bertz CT molecular complexity index is 723. The molecule has 0 bridgehead atoms. The van der Waals surface area contributed by atoms with Crippen LogP contribution in [0.1, 0.15) is 30.2 Å². The minimum absolute atomic E-state index is 0.0724. The first-order valence-corrected chi connectivity index (χ1v) is 7.41. The molecule has 7 heteroatoms. The Morgan fingerprint density at radius 1 is 1.29 bits per heavy atom. The molecule has 0 saturated carbocycles. The molecule has 2 aromatic rings. The normalized spacial score (nSPS) is 13.3. The van der Waals surface area contributed by atoms with E-state index in [1.807, 2.05) is 6.92 Å². The van der Waals surface area contributed by atoms with Crippen molar-refractivity contribution in [1.82, 2.24) is 5.32 Å². The van der Waals surface area contributed by atoms with Gasteiger partial charge in [-0.1, -0.05) is 18.2 Å². The van der Waals surface area contributed by atoms with Crippen molar-refractivity contribution in [3.63, 3.8) is 0 Å². The van der Waals surface area contributed by atoms with E-state index in [1.165, 1.54) is 31.4 Å². The first-order valence-electron chi connectivity index (χ1n) is 7.41. The van der Waals surface area contributed by atoms with Crippen molar-refractivity contribution in [3.05, 3.63) is 69.5 Å². The number of non-ortho nitro benzene ring substituents is 1. The van der Waals surface area contributed by atoms with E-state index >= 15 is 0 Å². The molecule has 0 aromatic heterocycles. The number of ether oxygens (including phenoxy) is 1. The number of halogens is 1. The number of methoxy groups -OCH3 is 1. The zero-order chi connectivity index (χ0) is 17.7. The highest BCUT2D eigenvalue weighted by Crippen LogP contribution is 2.23. The van der Waals surface area contributed by atoms with Crippen molar-refractivity contribution in [2.75, 3.05) is 13.7 Å². The van der Waals surface area contributed by atoms with Gasteiger partial charge in [-0.05, 0) is 30.2 Å². The van der Waals surface area contributed by atoms with Crippen LogP contribution < -0.4 is 10.1 Å². The number of hydrogen-bond acceptors (Lipinski definition) is 5. The summed E-state index contributed by atoms with van der Waals surface area (Å²) in [6.07, 6.45) is -0.907. The number of nitro benzene ring substituents is 1. The third-order valence-corrected chi connectivity index (χ3v) is 3.76. The van der Waals surface area contributed by atoms with E-state index in [4.69, 9.17) is 4.74 Å². The van der Waals surface area contributed by atoms with Crippen LogP contribution in [0, 0.1) is 15.9 Å². The fourth-order valence-electron chi connectivity index (χ4n) is 2.32. The number of rotatable bonds is 7. The quantitative estimate of drug-likeness (QED) is 0.600. The molecule has 24 heavy (non-hydrogen) atoms. The fourth-order valence-corrected chi connectivity index (χ4v) is 2.32. The second-order valence-corrected chi connectivity index (χ2v) is 5.39. The summed E-state index contributed by atoms with van der Waals surface area (Å²) in [7, 11) is 1.40. The summed E-state index contributed by atoms with van der Waals surface area (Å²) >= 11 is 0. The van der Waals surface area contributed by atoms with Gasteiger partial charge in [-0.15, -0.1) is 0 Å². The number of nitrogens with zero attached hydrogens (tertiary/aromatic N) is 1. The van der Waals surface area contributed by atoms with Gasteiger partial charge in [-0.3, -0.25) is 10.1 Å². The van der Waals surface area contributed by atoms with Crippen molar-refractivity contribution >= 4 is 5.69 Å². The summed E-state index contributed by atoms with van der Waals surface area (Å²) in [5.74, 6) is -0.287. The van der Waals surface area contributed by atoms with Crippen LogP contribution in [0.2, 0.25) is 0 Å². The first-order chi connectivity index (χ1) is 11.4. The Labute approximate surface area is 139 Å². The third kappa shape index (κ3) is 4.27. The van der Waals surface area contributed by atoms with Gasteiger partial charge in [0.25, 0.3) is 5.69 Å². The van der Waals surface area contributed by atoms with E-state index in [2.05, 4.69) is 5.32 Å². The maximum atomic E-state index is 13.7. The molecule has 2 aromatic carbocycles. The molecule has 0 spiro atoms. The number of benzene rings is 2. The zero-order valence-corrected chi connectivity index (χ0v) is 13.4. The molecule has 2 unspecified atom stereocenters. The lowest BCUT2D eigenvalue weighted by Gasteiger charge is -2.18. The third-order valence-electron chi connectivity index (χ3n) is 3.76. The molecule has 0 aliphatic rings. The highest BCUT2D eigenvalue weighted by atomic mass is 19.1. The monoisotopic (exact) mass is 334 g/mol. The fraction of sp³-hybridized carbons (Fsp3) is 0.294. The predicted molar refractivity (Wildman–Crippen MR) is 87.4 cm³/mol. The molecule has 128 valence electrons. The molecule has 2 atom stereocenters. The highest BCUT2D eigenvalue weighted by molar-refractivity contribution is 5.35. The molecule has 0 aliphatic heterocycles. The van der Waals surface area contributed by atoms with E-state index < -0.39 is 16.8 Å². The van der Waals surface area contributed by atoms with E-state index in [0.29, 0.717) is 11.1 Å². The Morgan fingerprint density at radius 2 is 2.04 bits per heavy atom. The number of hydrogen-bond donors (Lipinski definition) is 2. The molecule has 0 fully saturated rings. The van der Waals surface area contributed by atoms with Crippen LogP contribution in [0.4, 0.5) is 10.1 Å². The summed E-state index contributed by atoms with van der Waals surface area (Å²) in [4.78, 5) is 10.3. The lowest BCUT2D eigenvalue weighted by atomic mass is 10.1. The van der Waals surface area contributed by atoms with E-state index in [-0.39, 0.29) is 24.0 Å². The topological polar surface area (TPSA) is 84.6 Å². The molecule has 2 rings (SSSR count). The highest BCUT2D eigenvalue weighted by Gasteiger charge is 2.15. The standard InChI is InChI=1S/C17H19FN2O4/c1-11(12-6-7-17(24-2)15(18)9-12)19-10-16(21)13-4-3-5-14(8-13)20(22)23/h3-9,11,16,19,21H,10H2,1-2H3. The lowest BCUT2D eigenvalue weighted by Crippen LogP contribution is -2.24. The molecule has 6 nitrogen and oxygen atoms in total. The minimum Gasteiger partial charge on any atom is -0.494 e. The van der Waals surface area contributed by atoms with Gasteiger partial charge in [-0.25, -0.2) is 4.39 Å². The molecule has 0 radical (unpaired) electrons. The Morgan fingerprint density at radius 3 is 2.67 bits per heavy atom. The van der Waals surface area contributed by atoms with Gasteiger partial charge >= 0.3 is 0 Å². The molecular formula is C17H19FN2O4. The Balaban J connectivity index is 2.00. The van der Waals surface area contributed by atoms with Crippen molar-refractivity contribution in [3.8, 4) is 5.75 Å². The van der Waals surface area contributed by atoms with E-state index in [9.17, 15) is 19.6 Å². The lowest BCUT2D eigenvalue weighted by molar-refractivity contribution is -0.385. The molecule has 0 heterocycles. The van der Waals surface area contributed by atoms with Gasteiger partial charge in [0.2, 0.25) is 0 Å². The van der Waals surface area contributed by atoms with Gasteiger partial charge < -0.3 is 15.2 Å². The van der Waals surface area contributed by atoms with Crippen molar-refractivity contribution in [1.29, 1.82) is 0 Å². The summed E-state index contributed by atoms with van der Waals surface area (Å²) in [6.45, 7) is 2.01. The van der Waals surface area contributed by atoms with Crippen LogP contribution in [-0.2, 0) is 0 Å². The van der Waals surface area contributed by atoms with Crippen molar-refractivity contribution in [2.24, 2.45) is 0 Å². The van der Waals surface area contributed by atoms with Gasteiger partial charge in [0.1, 0.15) is 0 Å². The number of nitrogens with one attached hydrogen (secondary N) is 1. The van der Waals surface area contributed by atoms with Crippen molar-refractivity contribution < 1.29 is 19.2 Å². The van der Waals surface area contributed by atoms with Crippen LogP contribution in [0.5, 0.6) is 5.75 Å². The van der Waals surface area contributed by atoms with Crippen LogP contribution >= 0.6 is 0 Å². The molecule has 2 N–H and O–H groups in total. The van der Waals surface area contributed by atoms with Crippen LogP contribution in [0.3, 0.4) is 0 Å². The molecular weight excluding hydrogens is 315 g/mol. The predicted octanol–water partition coefficient (Wildman–Crippen LogP) is 3.13. The minimum atomic E-state index is -0.907. The second-order valence-electron chi connectivity index (χ2n) is 5.39. The molecule has 0 aliphatic carbocycles. The Hall–Kier alpha value is -2.51. The van der Waals surface area contributed by atoms with Crippen LogP contribution in [0.15, 0.2) is 42.5 Å². The van der Waals surface area contributed by atoms with Gasteiger partial charge in [0.05, 0.1) is 18.1 Å². The maximum Gasteiger partial charge on any atom is 0.269 e. The van der Waals surface area contributed by atoms with Crippen LogP contribution in [0.25, 0.3) is 0 Å². The molecule has 0 amide bonds. The average Bonchev–Trinajstić information content (AvgIpc) is 2.59. The summed E-state index contributed by atoms with van der Waals surface area (Å²) in [5.41, 5.74) is 1.08. The first kappa shape index (κ1) is 17.8. The van der Waals surface area contributed by atoms with Gasteiger partial charge in [0.15, 0.2) is 11.6 Å². The van der Waals surface area contributed by atoms with E-state index in [1.54, 1.807) is 18.2 Å². The number of nitro groups is 1.